The molecular weight excluding hydrogens is 287 g/mol. The molecule has 1 aromatic rings. The van der Waals surface area contributed by atoms with Crippen molar-refractivity contribution in [3.05, 3.63) is 22.6 Å². The standard InChI is InChI=1S/C12H16ClFN4S/c1-7(16)10(3-4-19-2)17-12-9(14)5-8(6-15)11(13)18-12/h5,7,10H,3-4,16H2,1-2H3,(H,17,18)/t7-,10+/m0/s1. The van der Waals surface area contributed by atoms with Gasteiger partial charge < -0.3 is 11.1 Å². The van der Waals surface area contributed by atoms with Crippen molar-refractivity contribution in [3.63, 3.8) is 0 Å². The highest BCUT2D eigenvalue weighted by atomic mass is 35.5. The van der Waals surface area contributed by atoms with Crippen LogP contribution in [0.3, 0.4) is 0 Å². The second kappa shape index (κ2) is 7.53. The number of aromatic nitrogens is 1. The minimum absolute atomic E-state index is 0.0142. The van der Waals surface area contributed by atoms with Crippen LogP contribution in [0.1, 0.15) is 18.9 Å². The minimum atomic E-state index is -0.601. The lowest BCUT2D eigenvalue weighted by Gasteiger charge is -2.23. The third-order valence-corrected chi connectivity index (χ3v) is 3.57. The molecule has 0 radical (unpaired) electrons. The summed E-state index contributed by atoms with van der Waals surface area (Å²) in [4.78, 5) is 3.87. The molecule has 0 aromatic carbocycles. The van der Waals surface area contributed by atoms with Crippen LogP contribution < -0.4 is 11.1 Å². The molecule has 0 saturated heterocycles. The van der Waals surface area contributed by atoms with E-state index in [-0.39, 0.29) is 28.6 Å². The maximum Gasteiger partial charge on any atom is 0.166 e. The Morgan fingerprint density at radius 3 is 2.89 bits per heavy atom. The second-order valence-corrected chi connectivity index (χ2v) is 5.50. The van der Waals surface area contributed by atoms with Crippen LogP contribution >= 0.6 is 23.4 Å². The lowest BCUT2D eigenvalue weighted by molar-refractivity contribution is 0.567. The summed E-state index contributed by atoms with van der Waals surface area (Å²) in [6, 6.07) is 2.61. The Hall–Kier alpha value is -1.03. The lowest BCUT2D eigenvalue weighted by atomic mass is 10.1. The average Bonchev–Trinajstić information content (AvgIpc) is 2.37. The van der Waals surface area contributed by atoms with Crippen molar-refractivity contribution >= 4 is 29.2 Å². The van der Waals surface area contributed by atoms with E-state index < -0.39 is 5.82 Å². The molecule has 0 spiro atoms. The number of nitriles is 1. The Bertz CT molecular complexity index is 476. The molecule has 0 aliphatic carbocycles. The Kier molecular flexibility index (Phi) is 6.35. The van der Waals surface area contributed by atoms with Crippen molar-refractivity contribution in [2.75, 3.05) is 17.3 Å². The summed E-state index contributed by atoms with van der Waals surface area (Å²) >= 11 is 7.49. The third kappa shape index (κ3) is 4.53. The zero-order valence-electron chi connectivity index (χ0n) is 10.8. The fourth-order valence-corrected chi connectivity index (χ4v) is 2.20. The van der Waals surface area contributed by atoms with Crippen LogP contribution in [-0.4, -0.2) is 29.1 Å². The molecule has 1 heterocycles. The first kappa shape index (κ1) is 16.0. The summed E-state index contributed by atoms with van der Waals surface area (Å²) in [6.45, 7) is 1.85. The molecule has 1 rings (SSSR count). The number of nitrogens with zero attached hydrogens (tertiary/aromatic N) is 2. The quantitative estimate of drug-likeness (QED) is 0.790. The van der Waals surface area contributed by atoms with Crippen LogP contribution in [0.15, 0.2) is 6.07 Å². The summed E-state index contributed by atoms with van der Waals surface area (Å²) in [6.07, 6.45) is 2.78. The van der Waals surface area contributed by atoms with Gasteiger partial charge >= 0.3 is 0 Å². The SMILES string of the molecule is CSCC[C@@H](Nc1nc(Cl)c(C#N)cc1F)[C@H](C)N. The number of nitrogens with one attached hydrogen (secondary N) is 1. The van der Waals surface area contributed by atoms with Gasteiger partial charge in [0.1, 0.15) is 11.2 Å². The van der Waals surface area contributed by atoms with Gasteiger partial charge in [0.05, 0.1) is 5.56 Å². The molecule has 104 valence electrons. The zero-order valence-corrected chi connectivity index (χ0v) is 12.4. The van der Waals surface area contributed by atoms with Crippen molar-refractivity contribution in [1.82, 2.24) is 4.98 Å². The van der Waals surface area contributed by atoms with Crippen LogP contribution in [0, 0.1) is 17.1 Å². The van der Waals surface area contributed by atoms with Crippen LogP contribution in [0.5, 0.6) is 0 Å². The first-order valence-electron chi connectivity index (χ1n) is 5.76. The van der Waals surface area contributed by atoms with Crippen molar-refractivity contribution in [3.8, 4) is 6.07 Å². The molecule has 3 N–H and O–H groups in total. The van der Waals surface area contributed by atoms with Crippen LogP contribution in [0.4, 0.5) is 10.2 Å². The van der Waals surface area contributed by atoms with Gasteiger partial charge in [-0.3, -0.25) is 0 Å². The van der Waals surface area contributed by atoms with Gasteiger partial charge in [0.2, 0.25) is 0 Å². The van der Waals surface area contributed by atoms with Gasteiger partial charge in [-0.25, -0.2) is 9.37 Å². The summed E-state index contributed by atoms with van der Waals surface area (Å²) < 4.78 is 13.8. The Labute approximate surface area is 121 Å². The van der Waals surface area contributed by atoms with E-state index in [2.05, 4.69) is 10.3 Å². The van der Waals surface area contributed by atoms with E-state index in [0.717, 1.165) is 18.2 Å². The Morgan fingerprint density at radius 2 is 2.37 bits per heavy atom. The van der Waals surface area contributed by atoms with Crippen molar-refractivity contribution < 1.29 is 4.39 Å². The molecule has 0 bridgehead atoms. The van der Waals surface area contributed by atoms with Crippen molar-refractivity contribution in [1.29, 1.82) is 5.26 Å². The third-order valence-electron chi connectivity index (χ3n) is 2.64. The monoisotopic (exact) mass is 302 g/mol. The highest BCUT2D eigenvalue weighted by Crippen LogP contribution is 2.21. The number of hydrogen-bond donors (Lipinski definition) is 2. The maximum absolute atomic E-state index is 13.8. The number of halogens is 2. The van der Waals surface area contributed by atoms with Gasteiger partial charge in [-0.2, -0.15) is 17.0 Å². The lowest BCUT2D eigenvalue weighted by Crippen LogP contribution is -2.38. The van der Waals surface area contributed by atoms with E-state index in [1.165, 1.54) is 0 Å². The first-order valence-corrected chi connectivity index (χ1v) is 7.54. The molecule has 0 aliphatic rings. The highest BCUT2D eigenvalue weighted by molar-refractivity contribution is 7.98. The molecule has 7 heteroatoms. The predicted molar refractivity (Wildman–Crippen MR) is 78.0 cm³/mol. The molecule has 0 saturated carbocycles. The number of pyridine rings is 1. The Morgan fingerprint density at radius 1 is 1.68 bits per heavy atom. The number of thioether (sulfide) groups is 1. The average molecular weight is 303 g/mol. The molecule has 1 aromatic heterocycles. The Balaban J connectivity index is 2.91. The summed E-state index contributed by atoms with van der Waals surface area (Å²) in [5.74, 6) is 0.341. The van der Waals surface area contributed by atoms with E-state index in [9.17, 15) is 4.39 Å². The van der Waals surface area contributed by atoms with Crippen molar-refractivity contribution in [2.45, 2.75) is 25.4 Å². The topological polar surface area (TPSA) is 74.7 Å². The molecule has 0 unspecified atom stereocenters. The summed E-state index contributed by atoms with van der Waals surface area (Å²) in [5, 5.41) is 11.7. The van der Waals surface area contributed by atoms with Gasteiger partial charge in [-0.1, -0.05) is 11.6 Å². The number of rotatable bonds is 6. The van der Waals surface area contributed by atoms with Crippen LogP contribution in [0.2, 0.25) is 5.15 Å². The zero-order chi connectivity index (χ0) is 14.4. The van der Waals surface area contributed by atoms with E-state index in [1.54, 1.807) is 17.8 Å². The van der Waals surface area contributed by atoms with Crippen LogP contribution in [-0.2, 0) is 0 Å². The van der Waals surface area contributed by atoms with Gasteiger partial charge in [-0.15, -0.1) is 0 Å². The van der Waals surface area contributed by atoms with E-state index >= 15 is 0 Å². The molecule has 4 nitrogen and oxygen atoms in total. The molecule has 2 atom stereocenters. The largest absolute Gasteiger partial charge is 0.363 e. The highest BCUT2D eigenvalue weighted by Gasteiger charge is 2.17. The fourth-order valence-electron chi connectivity index (χ4n) is 1.53. The van der Waals surface area contributed by atoms with E-state index in [4.69, 9.17) is 22.6 Å². The molecule has 0 amide bonds. The smallest absolute Gasteiger partial charge is 0.166 e. The van der Waals surface area contributed by atoms with Gasteiger partial charge in [0.25, 0.3) is 0 Å². The summed E-state index contributed by atoms with van der Waals surface area (Å²) in [5.41, 5.74) is 5.88. The van der Waals surface area contributed by atoms with E-state index in [0.29, 0.717) is 0 Å². The molecule has 0 fully saturated rings. The van der Waals surface area contributed by atoms with E-state index in [1.807, 2.05) is 13.2 Å². The predicted octanol–water partition coefficient (Wildman–Crippen LogP) is 2.63. The van der Waals surface area contributed by atoms with Gasteiger partial charge in [0.15, 0.2) is 11.6 Å². The van der Waals surface area contributed by atoms with Crippen molar-refractivity contribution in [2.24, 2.45) is 5.73 Å². The number of nitrogens with two attached hydrogens (primary N) is 1. The first-order chi connectivity index (χ1) is 8.99. The number of anilines is 1. The fraction of sp³-hybridized carbons (Fsp3) is 0.500. The second-order valence-electron chi connectivity index (χ2n) is 4.16. The number of hydrogen-bond acceptors (Lipinski definition) is 5. The van der Waals surface area contributed by atoms with Gasteiger partial charge in [-0.05, 0) is 31.4 Å². The van der Waals surface area contributed by atoms with Crippen LogP contribution in [0.25, 0.3) is 0 Å². The maximum atomic E-state index is 13.8. The van der Waals surface area contributed by atoms with Gasteiger partial charge in [0, 0.05) is 12.1 Å². The molecule has 0 aliphatic heterocycles. The minimum Gasteiger partial charge on any atom is -0.363 e. The summed E-state index contributed by atoms with van der Waals surface area (Å²) in [7, 11) is 0. The normalized spacial score (nSPS) is 13.7. The molecular formula is C12H16ClFN4S. The molecule has 19 heavy (non-hydrogen) atoms.